The summed E-state index contributed by atoms with van der Waals surface area (Å²) in [6.07, 6.45) is 2.82. The van der Waals surface area contributed by atoms with Gasteiger partial charge in [-0.15, -0.1) is 0 Å². The summed E-state index contributed by atoms with van der Waals surface area (Å²) in [4.78, 5) is 0. The van der Waals surface area contributed by atoms with Crippen molar-refractivity contribution in [3.63, 3.8) is 0 Å². The minimum Gasteiger partial charge on any atom is -0.388 e. The summed E-state index contributed by atoms with van der Waals surface area (Å²) in [5.41, 5.74) is 3.90. The van der Waals surface area contributed by atoms with Crippen LogP contribution in [-0.4, -0.2) is 5.11 Å². The van der Waals surface area contributed by atoms with E-state index >= 15 is 0 Å². The van der Waals surface area contributed by atoms with Crippen LogP contribution in [0.5, 0.6) is 0 Å². The molecule has 3 rings (SSSR count). The fourth-order valence-electron chi connectivity index (χ4n) is 2.92. The SMILES string of the molecule is OC(c1ccccc1)C1CCc2ccccc2C1. The van der Waals surface area contributed by atoms with Gasteiger partial charge in [0.15, 0.2) is 0 Å². The summed E-state index contributed by atoms with van der Waals surface area (Å²) in [5, 5.41) is 10.5. The lowest BCUT2D eigenvalue weighted by molar-refractivity contribution is 0.0995. The molecule has 2 atom stereocenters. The third kappa shape index (κ3) is 2.19. The third-order valence-corrected chi connectivity index (χ3v) is 3.97. The minimum absolute atomic E-state index is 0.334. The van der Waals surface area contributed by atoms with Gasteiger partial charge < -0.3 is 5.11 Å². The molecular formula is C17H18O. The molecule has 0 bridgehead atoms. The number of aliphatic hydroxyl groups excluding tert-OH is 1. The Morgan fingerprint density at radius 3 is 2.33 bits per heavy atom. The molecule has 2 aromatic rings. The van der Waals surface area contributed by atoms with E-state index in [9.17, 15) is 5.11 Å². The van der Waals surface area contributed by atoms with Crippen LogP contribution in [0.15, 0.2) is 54.6 Å². The van der Waals surface area contributed by atoms with Gasteiger partial charge in [-0.05, 0) is 41.9 Å². The van der Waals surface area contributed by atoms with Gasteiger partial charge in [-0.2, -0.15) is 0 Å². The molecule has 18 heavy (non-hydrogen) atoms. The summed E-state index contributed by atoms with van der Waals surface area (Å²) in [6, 6.07) is 18.6. The average Bonchev–Trinajstić information content (AvgIpc) is 2.47. The van der Waals surface area contributed by atoms with Crippen LogP contribution in [0.2, 0.25) is 0 Å². The van der Waals surface area contributed by atoms with Crippen LogP contribution >= 0.6 is 0 Å². The van der Waals surface area contributed by atoms with Crippen molar-refractivity contribution in [1.82, 2.24) is 0 Å². The largest absolute Gasteiger partial charge is 0.388 e. The summed E-state index contributed by atoms with van der Waals surface area (Å²) in [6.45, 7) is 0. The maximum Gasteiger partial charge on any atom is 0.0821 e. The Labute approximate surface area is 108 Å². The summed E-state index contributed by atoms with van der Waals surface area (Å²) >= 11 is 0. The van der Waals surface area contributed by atoms with Crippen LogP contribution in [0, 0.1) is 5.92 Å². The van der Waals surface area contributed by atoms with E-state index in [1.165, 1.54) is 11.1 Å². The Bertz CT molecular complexity index is 518. The molecule has 1 N–H and O–H groups in total. The first-order valence-electron chi connectivity index (χ1n) is 6.64. The molecular weight excluding hydrogens is 220 g/mol. The van der Waals surface area contributed by atoms with Gasteiger partial charge in [0.05, 0.1) is 6.10 Å². The monoisotopic (exact) mass is 238 g/mol. The molecule has 0 heterocycles. The molecule has 0 saturated heterocycles. The van der Waals surface area contributed by atoms with Gasteiger partial charge >= 0.3 is 0 Å². The van der Waals surface area contributed by atoms with Crippen molar-refractivity contribution < 1.29 is 5.11 Å². The predicted octanol–water partition coefficient (Wildman–Crippen LogP) is 3.53. The first kappa shape index (κ1) is 11.5. The topological polar surface area (TPSA) is 20.2 Å². The first-order valence-corrected chi connectivity index (χ1v) is 6.64. The highest BCUT2D eigenvalue weighted by atomic mass is 16.3. The molecule has 1 heteroatoms. The molecule has 0 aliphatic heterocycles. The van der Waals surface area contributed by atoms with Crippen LogP contribution in [0.4, 0.5) is 0 Å². The van der Waals surface area contributed by atoms with E-state index in [4.69, 9.17) is 0 Å². The van der Waals surface area contributed by atoms with Crippen LogP contribution in [0.1, 0.15) is 29.2 Å². The number of aryl methyl sites for hydroxylation is 1. The van der Waals surface area contributed by atoms with Crippen molar-refractivity contribution >= 4 is 0 Å². The van der Waals surface area contributed by atoms with E-state index < -0.39 is 0 Å². The summed E-state index contributed by atoms with van der Waals surface area (Å²) in [7, 11) is 0. The van der Waals surface area contributed by atoms with Gasteiger partial charge in [-0.3, -0.25) is 0 Å². The molecule has 0 saturated carbocycles. The van der Waals surface area contributed by atoms with Gasteiger partial charge in [0.25, 0.3) is 0 Å². The van der Waals surface area contributed by atoms with E-state index in [1.54, 1.807) is 0 Å². The Morgan fingerprint density at radius 2 is 1.56 bits per heavy atom. The van der Waals surface area contributed by atoms with E-state index in [1.807, 2.05) is 30.3 Å². The van der Waals surface area contributed by atoms with Crippen LogP contribution < -0.4 is 0 Å². The average molecular weight is 238 g/mol. The highest BCUT2D eigenvalue weighted by Gasteiger charge is 2.25. The molecule has 0 fully saturated rings. The number of aliphatic hydroxyl groups is 1. The predicted molar refractivity (Wildman–Crippen MR) is 73.4 cm³/mol. The zero-order valence-electron chi connectivity index (χ0n) is 10.4. The van der Waals surface area contributed by atoms with Crippen molar-refractivity contribution in [2.45, 2.75) is 25.4 Å². The summed E-state index contributed by atoms with van der Waals surface area (Å²) in [5.74, 6) is 0.349. The van der Waals surface area contributed by atoms with Gasteiger partial charge in [0, 0.05) is 0 Å². The zero-order chi connectivity index (χ0) is 12.4. The van der Waals surface area contributed by atoms with E-state index in [2.05, 4.69) is 24.3 Å². The van der Waals surface area contributed by atoms with E-state index in [-0.39, 0.29) is 6.10 Å². The Morgan fingerprint density at radius 1 is 0.889 bits per heavy atom. The zero-order valence-corrected chi connectivity index (χ0v) is 10.4. The molecule has 2 aromatic carbocycles. The lowest BCUT2D eigenvalue weighted by atomic mass is 9.79. The Kier molecular flexibility index (Phi) is 3.16. The number of hydrogen-bond acceptors (Lipinski definition) is 1. The van der Waals surface area contributed by atoms with Crippen molar-refractivity contribution in [1.29, 1.82) is 0 Å². The summed E-state index contributed by atoms with van der Waals surface area (Å²) < 4.78 is 0. The lowest BCUT2D eigenvalue weighted by Crippen LogP contribution is -2.21. The van der Waals surface area contributed by atoms with Gasteiger partial charge in [-0.25, -0.2) is 0 Å². The van der Waals surface area contributed by atoms with Crippen molar-refractivity contribution in [3.8, 4) is 0 Å². The van der Waals surface area contributed by atoms with Crippen LogP contribution in [-0.2, 0) is 12.8 Å². The maximum absolute atomic E-state index is 10.5. The molecule has 0 aromatic heterocycles. The number of rotatable bonds is 2. The minimum atomic E-state index is -0.334. The second kappa shape index (κ2) is 4.95. The smallest absolute Gasteiger partial charge is 0.0821 e. The van der Waals surface area contributed by atoms with E-state index in [0.717, 1.165) is 24.8 Å². The number of hydrogen-bond donors (Lipinski definition) is 1. The molecule has 1 nitrogen and oxygen atoms in total. The van der Waals surface area contributed by atoms with Crippen molar-refractivity contribution in [3.05, 3.63) is 71.3 Å². The maximum atomic E-state index is 10.5. The lowest BCUT2D eigenvalue weighted by Gasteiger charge is -2.28. The van der Waals surface area contributed by atoms with Gasteiger partial charge in [-0.1, -0.05) is 54.6 Å². The van der Waals surface area contributed by atoms with Gasteiger partial charge in [0.1, 0.15) is 0 Å². The Hall–Kier alpha value is -1.60. The number of fused-ring (bicyclic) bond motifs is 1. The highest BCUT2D eigenvalue weighted by Crippen LogP contribution is 2.33. The molecule has 0 spiro atoms. The van der Waals surface area contributed by atoms with E-state index in [0.29, 0.717) is 5.92 Å². The normalized spacial score (nSPS) is 20.2. The Balaban J connectivity index is 1.80. The second-order valence-electron chi connectivity index (χ2n) is 5.13. The number of benzene rings is 2. The van der Waals surface area contributed by atoms with Crippen molar-refractivity contribution in [2.75, 3.05) is 0 Å². The molecule has 0 amide bonds. The quantitative estimate of drug-likeness (QED) is 0.848. The molecule has 92 valence electrons. The van der Waals surface area contributed by atoms with Crippen LogP contribution in [0.3, 0.4) is 0 Å². The molecule has 0 radical (unpaired) electrons. The van der Waals surface area contributed by atoms with Crippen molar-refractivity contribution in [2.24, 2.45) is 5.92 Å². The fraction of sp³-hybridized carbons (Fsp3) is 0.294. The third-order valence-electron chi connectivity index (χ3n) is 3.97. The van der Waals surface area contributed by atoms with Crippen LogP contribution in [0.25, 0.3) is 0 Å². The molecule has 1 aliphatic rings. The fourth-order valence-corrected chi connectivity index (χ4v) is 2.92. The van der Waals surface area contributed by atoms with Gasteiger partial charge in [0.2, 0.25) is 0 Å². The molecule has 1 aliphatic carbocycles. The highest BCUT2D eigenvalue weighted by molar-refractivity contribution is 5.30. The second-order valence-corrected chi connectivity index (χ2v) is 5.13. The standard InChI is InChI=1S/C17H18O/c18-17(14-7-2-1-3-8-14)16-11-10-13-6-4-5-9-15(13)12-16/h1-9,16-18H,10-12H2. The first-order chi connectivity index (χ1) is 8.84. The molecule has 2 unspecified atom stereocenters.